The maximum absolute atomic E-state index is 13.7. The maximum Gasteiger partial charge on any atom is 0.182 e. The van der Waals surface area contributed by atoms with Crippen LogP contribution in [0.2, 0.25) is 10.0 Å². The fraction of sp³-hybridized carbons (Fsp3) is 0. The third kappa shape index (κ3) is 2.36. The Morgan fingerprint density at radius 1 is 1.20 bits per heavy atom. The number of hydrogen-bond donors (Lipinski definition) is 1. The van der Waals surface area contributed by atoms with Crippen molar-refractivity contribution < 1.29 is 4.39 Å². The molecule has 1 heterocycles. The van der Waals surface area contributed by atoms with Gasteiger partial charge in [-0.2, -0.15) is 0 Å². The Hall–Kier alpha value is -0.630. The molecule has 0 saturated heterocycles. The zero-order valence-electron chi connectivity index (χ0n) is 9.75. The van der Waals surface area contributed by atoms with Crippen LogP contribution < -0.4 is 0 Å². The van der Waals surface area contributed by atoms with E-state index in [4.69, 9.17) is 35.4 Å². The molecule has 3 aromatic rings. The largest absolute Gasteiger partial charge is 0.330 e. The molecule has 0 aliphatic rings. The van der Waals surface area contributed by atoms with Crippen LogP contribution in [0.1, 0.15) is 0 Å². The van der Waals surface area contributed by atoms with Gasteiger partial charge >= 0.3 is 0 Å². The number of H-pyrrole nitrogens is 1. The molecule has 0 atom stereocenters. The van der Waals surface area contributed by atoms with Crippen LogP contribution in [0.25, 0.3) is 16.7 Å². The highest BCUT2D eigenvalue weighted by molar-refractivity contribution is 14.1. The summed E-state index contributed by atoms with van der Waals surface area (Å²) in [5.41, 5.74) is 2.16. The van der Waals surface area contributed by atoms with Crippen LogP contribution >= 0.6 is 58.0 Å². The third-order valence-corrected chi connectivity index (χ3v) is 4.55. The van der Waals surface area contributed by atoms with Crippen molar-refractivity contribution in [2.75, 3.05) is 0 Å². The lowest BCUT2D eigenvalue weighted by Gasteiger charge is -2.08. The van der Waals surface area contributed by atoms with Crippen LogP contribution in [0.5, 0.6) is 0 Å². The fourth-order valence-electron chi connectivity index (χ4n) is 2.00. The van der Waals surface area contributed by atoms with Crippen molar-refractivity contribution in [2.24, 2.45) is 0 Å². The molecule has 102 valence electrons. The molecule has 1 aromatic heterocycles. The van der Waals surface area contributed by atoms with Gasteiger partial charge in [0.2, 0.25) is 0 Å². The minimum absolute atomic E-state index is 0.0618. The Labute approximate surface area is 142 Å². The van der Waals surface area contributed by atoms with Gasteiger partial charge < -0.3 is 4.98 Å². The van der Waals surface area contributed by atoms with Crippen molar-refractivity contribution in [1.29, 1.82) is 0 Å². The highest BCUT2D eigenvalue weighted by atomic mass is 127. The number of imidazole rings is 1. The maximum atomic E-state index is 13.7. The van der Waals surface area contributed by atoms with Crippen LogP contribution in [0.4, 0.5) is 4.39 Å². The molecule has 3 rings (SSSR count). The molecular formula is C13H6Cl2FIN2S. The molecule has 2 aromatic carbocycles. The Kier molecular flexibility index (Phi) is 3.79. The first-order chi connectivity index (χ1) is 9.47. The van der Waals surface area contributed by atoms with Crippen LogP contribution in [0.15, 0.2) is 30.3 Å². The highest BCUT2D eigenvalue weighted by Crippen LogP contribution is 2.28. The first-order valence-electron chi connectivity index (χ1n) is 5.52. The summed E-state index contributed by atoms with van der Waals surface area (Å²) in [6, 6.07) is 8.34. The second kappa shape index (κ2) is 5.29. The van der Waals surface area contributed by atoms with Crippen molar-refractivity contribution in [1.82, 2.24) is 9.55 Å². The normalized spacial score (nSPS) is 11.2. The van der Waals surface area contributed by atoms with Gasteiger partial charge in [0.1, 0.15) is 5.82 Å². The van der Waals surface area contributed by atoms with Gasteiger partial charge in [-0.1, -0.05) is 23.2 Å². The number of aromatic amines is 1. The van der Waals surface area contributed by atoms with Gasteiger partial charge in [-0.15, -0.1) is 0 Å². The minimum Gasteiger partial charge on any atom is -0.330 e. The molecule has 0 amide bonds. The van der Waals surface area contributed by atoms with Gasteiger partial charge in [0.25, 0.3) is 0 Å². The summed E-state index contributed by atoms with van der Waals surface area (Å²) >= 11 is 19.2. The van der Waals surface area contributed by atoms with Crippen molar-refractivity contribution >= 4 is 69.0 Å². The van der Waals surface area contributed by atoms with E-state index in [2.05, 4.69) is 27.6 Å². The average Bonchev–Trinajstić information content (AvgIpc) is 2.66. The lowest BCUT2D eigenvalue weighted by Crippen LogP contribution is -1.97. The van der Waals surface area contributed by atoms with E-state index in [1.54, 1.807) is 10.6 Å². The van der Waals surface area contributed by atoms with E-state index in [1.807, 2.05) is 12.1 Å². The van der Waals surface area contributed by atoms with Crippen LogP contribution in [-0.2, 0) is 0 Å². The van der Waals surface area contributed by atoms with Gasteiger partial charge in [0, 0.05) is 14.7 Å². The first-order valence-corrected chi connectivity index (χ1v) is 7.77. The van der Waals surface area contributed by atoms with Gasteiger partial charge in [0.05, 0.1) is 21.7 Å². The number of nitrogens with zero attached hydrogens (tertiary/aromatic N) is 1. The molecule has 0 spiro atoms. The molecule has 0 fully saturated rings. The summed E-state index contributed by atoms with van der Waals surface area (Å²) in [4.78, 5) is 3.03. The summed E-state index contributed by atoms with van der Waals surface area (Å²) in [5.74, 6) is -0.481. The van der Waals surface area contributed by atoms with E-state index < -0.39 is 5.82 Å². The van der Waals surface area contributed by atoms with E-state index in [-0.39, 0.29) is 5.02 Å². The molecule has 0 unspecified atom stereocenters. The number of nitrogens with one attached hydrogen (secondary N) is 1. The van der Waals surface area contributed by atoms with Gasteiger partial charge in [-0.25, -0.2) is 4.39 Å². The van der Waals surface area contributed by atoms with Crippen molar-refractivity contribution in [3.8, 4) is 5.69 Å². The van der Waals surface area contributed by atoms with Gasteiger partial charge in [-0.3, -0.25) is 4.57 Å². The average molecular weight is 439 g/mol. The van der Waals surface area contributed by atoms with Gasteiger partial charge in [-0.05, 0) is 59.1 Å². The lowest BCUT2D eigenvalue weighted by atomic mass is 10.2. The fourth-order valence-corrected chi connectivity index (χ4v) is 3.59. The summed E-state index contributed by atoms with van der Waals surface area (Å²) < 4.78 is 16.9. The predicted molar refractivity (Wildman–Crippen MR) is 91.2 cm³/mol. The first kappa shape index (κ1) is 14.3. The topological polar surface area (TPSA) is 20.7 Å². The molecule has 0 saturated carbocycles. The van der Waals surface area contributed by atoms with E-state index in [0.717, 1.165) is 9.26 Å². The lowest BCUT2D eigenvalue weighted by molar-refractivity contribution is 0.629. The molecule has 1 N–H and O–H groups in total. The standard InChI is InChI=1S/C13H6Cl2FIN2S/c14-6-1-2-11(9(17)3-6)19-12-5-8(16)7(15)4-10(12)18-13(19)20/h1-5H,(H,18,20). The van der Waals surface area contributed by atoms with Crippen molar-refractivity contribution in [3.63, 3.8) is 0 Å². The zero-order chi connectivity index (χ0) is 14.4. The number of aromatic nitrogens is 2. The van der Waals surface area contributed by atoms with E-state index in [1.165, 1.54) is 12.1 Å². The molecular weight excluding hydrogens is 433 g/mol. The molecule has 2 nitrogen and oxygen atoms in total. The Morgan fingerprint density at radius 3 is 2.65 bits per heavy atom. The molecule has 0 radical (unpaired) electrons. The van der Waals surface area contributed by atoms with Gasteiger partial charge in [0.15, 0.2) is 4.77 Å². The summed E-state index contributed by atoms with van der Waals surface area (Å²) in [5, 5.41) is 0.699. The molecule has 20 heavy (non-hydrogen) atoms. The Balaban J connectivity index is 2.39. The molecule has 0 aliphatic carbocycles. The summed E-state index contributed by atoms with van der Waals surface area (Å²) in [7, 11) is 0. The minimum atomic E-state index is -0.481. The highest BCUT2D eigenvalue weighted by Gasteiger charge is 2.12. The summed E-state index contributed by atoms with van der Waals surface area (Å²) in [6.07, 6.45) is 0. The second-order valence-corrected chi connectivity index (χ2v) is 6.54. The number of rotatable bonds is 1. The number of fused-ring (bicyclic) bond motifs is 1. The van der Waals surface area contributed by atoms with Crippen LogP contribution in [-0.4, -0.2) is 9.55 Å². The zero-order valence-corrected chi connectivity index (χ0v) is 14.2. The third-order valence-electron chi connectivity index (χ3n) is 2.87. The van der Waals surface area contributed by atoms with Crippen molar-refractivity contribution in [3.05, 3.63) is 54.5 Å². The van der Waals surface area contributed by atoms with Crippen molar-refractivity contribution in [2.45, 2.75) is 0 Å². The predicted octanol–water partition coefficient (Wildman–Crippen LogP) is 5.74. The quantitative estimate of drug-likeness (QED) is 0.379. The van der Waals surface area contributed by atoms with E-state index in [0.29, 0.717) is 20.8 Å². The van der Waals surface area contributed by atoms with Crippen LogP contribution in [0.3, 0.4) is 0 Å². The Morgan fingerprint density at radius 2 is 1.95 bits per heavy atom. The molecule has 0 aliphatic heterocycles. The number of halogens is 4. The SMILES string of the molecule is Fc1cc2c(cc1Cl)[nH]c(=S)n2-c1ccc(Cl)cc1I. The second-order valence-electron chi connectivity index (χ2n) is 4.14. The summed E-state index contributed by atoms with van der Waals surface area (Å²) in [6.45, 7) is 0. The van der Waals surface area contributed by atoms with E-state index >= 15 is 0 Å². The molecule has 7 heteroatoms. The number of hydrogen-bond acceptors (Lipinski definition) is 1. The molecule has 0 bridgehead atoms. The van der Waals surface area contributed by atoms with E-state index in [9.17, 15) is 4.39 Å². The number of benzene rings is 2. The Bertz CT molecular complexity index is 888. The smallest absolute Gasteiger partial charge is 0.182 e. The monoisotopic (exact) mass is 438 g/mol. The van der Waals surface area contributed by atoms with Crippen LogP contribution in [0, 0.1) is 14.2 Å².